The fourth-order valence-corrected chi connectivity index (χ4v) is 12.7. The van der Waals surface area contributed by atoms with E-state index in [1.165, 1.54) is 134 Å². The molecule has 9 aromatic rings. The SMILES string of the molecule is Cc1cc(C)c(-n2cc3nc2-c2[c-]cc(cc2)CCCCCCc2cnc(n2-c2c(C)cc(C)cc2C)-c2[c-]cc(cc2)CCCCCCc2cnc(n2-c2c(C)cc(C)cc2C)-c2[c-]cc(cc2)CCCCCC3)c(C)c1.[Ir+3]. The van der Waals surface area contributed by atoms with Gasteiger partial charge in [0.25, 0.3) is 0 Å². The fourth-order valence-electron chi connectivity index (χ4n) is 12.7. The predicted octanol–water partition coefficient (Wildman–Crippen LogP) is 17.8. The first kappa shape index (κ1) is 57.3. The van der Waals surface area contributed by atoms with E-state index in [9.17, 15) is 0 Å². The van der Waals surface area contributed by atoms with Gasteiger partial charge in [0, 0.05) is 52.7 Å². The minimum absolute atomic E-state index is 0. The molecular formula is C72H81IrN6. The molecule has 0 N–H and O–H groups in total. The summed E-state index contributed by atoms with van der Waals surface area (Å²) in [6.45, 7) is 20.0. The number of benzene rings is 6. The van der Waals surface area contributed by atoms with Crippen molar-refractivity contribution in [3.63, 3.8) is 0 Å². The molecule has 4 aliphatic heterocycles. The summed E-state index contributed by atoms with van der Waals surface area (Å²) in [4.78, 5) is 15.6. The van der Waals surface area contributed by atoms with Crippen LogP contribution in [-0.2, 0) is 58.6 Å². The van der Waals surface area contributed by atoms with Crippen molar-refractivity contribution in [1.82, 2.24) is 28.7 Å². The summed E-state index contributed by atoms with van der Waals surface area (Å²) in [6, 6.07) is 45.2. The summed E-state index contributed by atoms with van der Waals surface area (Å²) in [6.07, 6.45) is 26.5. The van der Waals surface area contributed by atoms with Gasteiger partial charge in [-0.3, -0.25) is 15.0 Å². The third-order valence-electron chi connectivity index (χ3n) is 16.3. The summed E-state index contributed by atoms with van der Waals surface area (Å²) in [5, 5.41) is 0. The zero-order valence-corrected chi connectivity index (χ0v) is 51.0. The third kappa shape index (κ3) is 13.4. The number of hydrogen-bond donors (Lipinski definition) is 0. The number of hydrogen-bond acceptors (Lipinski definition) is 3. The Morgan fingerprint density at radius 1 is 0.367 bits per heavy atom. The maximum absolute atomic E-state index is 5.35. The van der Waals surface area contributed by atoms with Gasteiger partial charge in [0.1, 0.15) is 0 Å². The van der Waals surface area contributed by atoms with Gasteiger partial charge in [0.05, 0.1) is 17.5 Å². The van der Waals surface area contributed by atoms with Gasteiger partial charge in [-0.25, -0.2) is 0 Å². The van der Waals surface area contributed by atoms with Gasteiger partial charge in [-0.15, -0.1) is 106 Å². The number of rotatable bonds is 3. The first-order valence-electron chi connectivity index (χ1n) is 29.4. The molecule has 13 rings (SSSR count). The van der Waals surface area contributed by atoms with Crippen molar-refractivity contribution in [2.45, 2.75) is 178 Å². The molecular weight excluding hydrogens is 1140 g/mol. The Morgan fingerprint density at radius 3 is 1.05 bits per heavy atom. The first-order valence-corrected chi connectivity index (χ1v) is 29.4. The van der Waals surface area contributed by atoms with Crippen molar-refractivity contribution in [3.8, 4) is 51.2 Å². The van der Waals surface area contributed by atoms with Gasteiger partial charge < -0.3 is 13.7 Å². The number of aryl methyl sites for hydroxylation is 15. The summed E-state index contributed by atoms with van der Waals surface area (Å²) in [5.74, 6) is 2.94. The summed E-state index contributed by atoms with van der Waals surface area (Å²) < 4.78 is 7.21. The average Bonchev–Trinajstić information content (AvgIpc) is 4.39. The minimum atomic E-state index is 0. The van der Waals surface area contributed by atoms with Gasteiger partial charge in [-0.2, -0.15) is 0 Å². The Kier molecular flexibility index (Phi) is 19.0. The van der Waals surface area contributed by atoms with Gasteiger partial charge in [-0.1, -0.05) is 130 Å². The van der Waals surface area contributed by atoms with E-state index >= 15 is 0 Å². The minimum Gasteiger partial charge on any atom is -0.339 e. The van der Waals surface area contributed by atoms with E-state index in [0.717, 1.165) is 117 Å². The van der Waals surface area contributed by atoms with Crippen LogP contribution in [0.1, 0.15) is 161 Å². The standard InChI is InChI=1S/C72H81N6.Ir/c1-49-40-52(4)67(53(5)41-49)76-48-64-25-19-13-10-16-22-58-28-34-61(35-29-58)70-73-46-65(77(70)68-54(6)42-50(2)43-55(68)7)26-20-14-11-17-23-59-30-36-62(37-31-59)71-74-47-66(78(71)69-56(8)44-51(3)45-57(69)9)27-21-15-12-18-24-60-32-38-63(39-33-60)72(76)75-64;/h28-34,36,38,40-48H,10-27H2,1-9H3;/q-3;+3. The van der Waals surface area contributed by atoms with E-state index in [0.29, 0.717) is 0 Å². The van der Waals surface area contributed by atoms with Crippen LogP contribution in [0.2, 0.25) is 0 Å². The van der Waals surface area contributed by atoms with E-state index in [1.54, 1.807) is 0 Å². The molecule has 0 spiro atoms. The largest absolute Gasteiger partial charge is 3.00 e. The van der Waals surface area contributed by atoms with Crippen LogP contribution >= 0.6 is 0 Å². The maximum atomic E-state index is 5.35. The van der Waals surface area contributed by atoms with Crippen LogP contribution in [-0.4, -0.2) is 28.7 Å². The Hall–Kier alpha value is -6.40. The molecule has 7 heterocycles. The molecule has 6 aromatic carbocycles. The van der Waals surface area contributed by atoms with Crippen LogP contribution in [0.25, 0.3) is 51.2 Å². The Balaban J connectivity index is 0.00000757. The van der Waals surface area contributed by atoms with Crippen LogP contribution < -0.4 is 0 Å². The predicted molar refractivity (Wildman–Crippen MR) is 324 cm³/mol. The molecule has 79 heavy (non-hydrogen) atoms. The normalized spacial score (nSPS) is 14.4. The third-order valence-corrected chi connectivity index (χ3v) is 16.3. The molecule has 0 fully saturated rings. The molecule has 3 aromatic heterocycles. The second-order valence-electron chi connectivity index (χ2n) is 23.1. The zero-order chi connectivity index (χ0) is 54.3. The van der Waals surface area contributed by atoms with Crippen LogP contribution in [0.3, 0.4) is 0 Å². The van der Waals surface area contributed by atoms with Gasteiger partial charge >= 0.3 is 20.1 Å². The second-order valence-corrected chi connectivity index (χ2v) is 23.1. The Bertz CT molecular complexity index is 3380. The zero-order valence-electron chi connectivity index (χ0n) is 48.6. The van der Waals surface area contributed by atoms with E-state index in [2.05, 4.69) is 204 Å². The van der Waals surface area contributed by atoms with Crippen molar-refractivity contribution in [3.05, 3.63) is 212 Å². The molecule has 6 nitrogen and oxygen atoms in total. The molecule has 0 aliphatic carbocycles. The van der Waals surface area contributed by atoms with Crippen molar-refractivity contribution >= 4 is 0 Å². The Morgan fingerprint density at radius 2 is 0.696 bits per heavy atom. The van der Waals surface area contributed by atoms with Crippen molar-refractivity contribution < 1.29 is 20.1 Å². The van der Waals surface area contributed by atoms with Crippen molar-refractivity contribution in [2.75, 3.05) is 0 Å². The second kappa shape index (κ2) is 26.2. The number of aromatic nitrogens is 6. The molecule has 0 saturated heterocycles. The number of nitrogens with zero attached hydrogens (tertiary/aromatic N) is 6. The molecule has 408 valence electrons. The topological polar surface area (TPSA) is 53.5 Å². The monoisotopic (exact) mass is 1220 g/mol. The van der Waals surface area contributed by atoms with Gasteiger partial charge in [0.2, 0.25) is 0 Å². The molecule has 0 unspecified atom stereocenters. The number of fused-ring (bicyclic) bond motifs is 3. The fraction of sp³-hybridized carbons (Fsp3) is 0.375. The van der Waals surface area contributed by atoms with Crippen molar-refractivity contribution in [1.29, 1.82) is 0 Å². The average molecular weight is 1220 g/mol. The first-order chi connectivity index (χ1) is 37.9. The summed E-state index contributed by atoms with van der Waals surface area (Å²) in [7, 11) is 0. The molecule has 0 saturated carbocycles. The van der Waals surface area contributed by atoms with E-state index in [4.69, 9.17) is 15.0 Å². The molecule has 7 heteroatoms. The molecule has 12 bridgehead atoms. The van der Waals surface area contributed by atoms with E-state index in [1.807, 2.05) is 0 Å². The molecule has 0 radical (unpaired) electrons. The van der Waals surface area contributed by atoms with Crippen LogP contribution in [0.15, 0.2) is 110 Å². The van der Waals surface area contributed by atoms with Crippen molar-refractivity contribution in [2.24, 2.45) is 0 Å². The molecule has 0 atom stereocenters. The van der Waals surface area contributed by atoms with Crippen LogP contribution in [0, 0.1) is 80.5 Å². The Labute approximate surface area is 486 Å². The van der Waals surface area contributed by atoms with Crippen LogP contribution in [0.5, 0.6) is 0 Å². The van der Waals surface area contributed by atoms with E-state index < -0.39 is 0 Å². The molecule has 4 aliphatic rings. The quantitative estimate of drug-likeness (QED) is 0.166. The van der Waals surface area contributed by atoms with Gasteiger partial charge in [-0.05, 0) is 134 Å². The summed E-state index contributed by atoms with van der Waals surface area (Å²) in [5.41, 5.74) is 26.1. The summed E-state index contributed by atoms with van der Waals surface area (Å²) >= 11 is 0. The molecule has 0 amide bonds. The number of imidazole rings is 3. The maximum Gasteiger partial charge on any atom is 3.00 e. The smallest absolute Gasteiger partial charge is 0.339 e. The van der Waals surface area contributed by atoms with Crippen LogP contribution in [0.4, 0.5) is 0 Å². The van der Waals surface area contributed by atoms with E-state index in [-0.39, 0.29) is 20.1 Å². The van der Waals surface area contributed by atoms with Gasteiger partial charge in [0.15, 0.2) is 0 Å².